The van der Waals surface area contributed by atoms with E-state index in [9.17, 15) is 0 Å². The number of pyridine rings is 1. The van der Waals surface area contributed by atoms with Crippen LogP contribution in [0.1, 0.15) is 41.2 Å². The molecule has 21 heavy (non-hydrogen) atoms. The van der Waals surface area contributed by atoms with Crippen molar-refractivity contribution < 1.29 is 9.73 Å². The van der Waals surface area contributed by atoms with Crippen molar-refractivity contribution in [1.82, 2.24) is 15.5 Å². The molecule has 1 atom stereocenters. The highest BCUT2D eigenvalue weighted by Crippen LogP contribution is 2.21. The van der Waals surface area contributed by atoms with E-state index in [4.69, 9.17) is 15.5 Å². The Morgan fingerprint density at radius 1 is 1.52 bits per heavy atom. The van der Waals surface area contributed by atoms with E-state index >= 15 is 0 Å². The monoisotopic (exact) mass is 289 g/mol. The van der Waals surface area contributed by atoms with Gasteiger partial charge in [0.15, 0.2) is 5.84 Å². The molecule has 0 aromatic carbocycles. The third-order valence-corrected chi connectivity index (χ3v) is 3.36. The lowest BCUT2D eigenvalue weighted by Gasteiger charge is -2.15. The number of nitrogens with two attached hydrogens (primary N) is 1. The summed E-state index contributed by atoms with van der Waals surface area (Å²) in [6, 6.07) is 3.76. The van der Waals surface area contributed by atoms with Crippen LogP contribution in [0.5, 0.6) is 0 Å². The number of aryl methyl sites for hydroxylation is 2. The molecule has 0 bridgehead atoms. The normalized spacial score (nSPS) is 13.4. The predicted octanol–water partition coefficient (Wildman–Crippen LogP) is 1.63. The van der Waals surface area contributed by atoms with E-state index in [1.807, 2.05) is 32.9 Å². The van der Waals surface area contributed by atoms with Crippen molar-refractivity contribution in [3.05, 3.63) is 46.6 Å². The van der Waals surface area contributed by atoms with E-state index in [0.29, 0.717) is 12.2 Å². The van der Waals surface area contributed by atoms with Gasteiger partial charge in [0, 0.05) is 24.3 Å². The van der Waals surface area contributed by atoms with Gasteiger partial charge in [-0.3, -0.25) is 4.98 Å². The first-order valence-electron chi connectivity index (χ1n) is 6.62. The Bertz CT molecular complexity index is 631. The van der Waals surface area contributed by atoms with Crippen LogP contribution in [0.15, 0.2) is 28.0 Å². The molecule has 0 amide bonds. The van der Waals surface area contributed by atoms with Gasteiger partial charge in [0.2, 0.25) is 0 Å². The van der Waals surface area contributed by atoms with Gasteiger partial charge in [0.05, 0.1) is 5.69 Å². The van der Waals surface area contributed by atoms with Crippen molar-refractivity contribution in [2.24, 2.45) is 10.9 Å². The third-order valence-electron chi connectivity index (χ3n) is 3.36. The number of nitrogens with one attached hydrogen (secondary N) is 1. The highest BCUT2D eigenvalue weighted by Gasteiger charge is 2.17. The summed E-state index contributed by atoms with van der Waals surface area (Å²) in [5.41, 5.74) is 8.87. The van der Waals surface area contributed by atoms with Gasteiger partial charge in [-0.1, -0.05) is 16.4 Å². The maximum absolute atomic E-state index is 8.79. The summed E-state index contributed by atoms with van der Waals surface area (Å²) in [5.74, 6) is 0.799. The fourth-order valence-corrected chi connectivity index (χ4v) is 2.33. The molecule has 112 valence electrons. The molecule has 0 aliphatic heterocycles. The summed E-state index contributed by atoms with van der Waals surface area (Å²) in [6.45, 7) is 6.37. The molecule has 2 rings (SSSR count). The maximum Gasteiger partial charge on any atom is 0.189 e. The fraction of sp³-hybridized carbons (Fsp3) is 0.357. The number of oxime groups is 1. The van der Waals surface area contributed by atoms with Gasteiger partial charge >= 0.3 is 0 Å². The quantitative estimate of drug-likeness (QED) is 0.334. The molecular formula is C14H19N5O2. The highest BCUT2D eigenvalue weighted by molar-refractivity contribution is 5.96. The molecule has 0 saturated carbocycles. The van der Waals surface area contributed by atoms with Crippen LogP contribution in [-0.4, -0.2) is 21.2 Å². The van der Waals surface area contributed by atoms with E-state index in [-0.39, 0.29) is 11.9 Å². The van der Waals surface area contributed by atoms with E-state index in [0.717, 1.165) is 22.6 Å². The second kappa shape index (κ2) is 6.36. The Morgan fingerprint density at radius 3 is 2.90 bits per heavy atom. The van der Waals surface area contributed by atoms with Gasteiger partial charge in [-0.05, 0) is 32.4 Å². The third kappa shape index (κ3) is 3.19. The highest BCUT2D eigenvalue weighted by atomic mass is 16.5. The van der Waals surface area contributed by atoms with Crippen molar-refractivity contribution in [3.63, 3.8) is 0 Å². The number of aromatic nitrogens is 2. The van der Waals surface area contributed by atoms with Crippen LogP contribution in [0.3, 0.4) is 0 Å². The van der Waals surface area contributed by atoms with Crippen LogP contribution < -0.4 is 11.1 Å². The number of amidine groups is 1. The topological polar surface area (TPSA) is 110 Å². The Labute approximate surface area is 122 Å². The standard InChI is InChI=1S/C14H19N5O2/c1-8(12-9(2)19-21-10(12)3)17-7-11-5-4-6-16-13(11)14(15)18-20/h4-6,8,17,20H,7H2,1-3H3,(H2,15,18). The zero-order valence-corrected chi connectivity index (χ0v) is 12.3. The smallest absolute Gasteiger partial charge is 0.189 e. The van der Waals surface area contributed by atoms with Crippen molar-refractivity contribution >= 4 is 5.84 Å². The maximum atomic E-state index is 8.79. The van der Waals surface area contributed by atoms with Crippen LogP contribution in [0.2, 0.25) is 0 Å². The molecule has 2 aromatic heterocycles. The molecule has 7 heteroatoms. The summed E-state index contributed by atoms with van der Waals surface area (Å²) in [6.07, 6.45) is 1.61. The molecule has 0 aliphatic rings. The van der Waals surface area contributed by atoms with E-state index in [2.05, 4.69) is 20.6 Å². The Kier molecular flexibility index (Phi) is 4.54. The number of hydrogen-bond acceptors (Lipinski definition) is 6. The average molecular weight is 289 g/mol. The molecule has 1 unspecified atom stereocenters. The number of hydrogen-bond donors (Lipinski definition) is 3. The summed E-state index contributed by atoms with van der Waals surface area (Å²) in [5, 5.41) is 19.1. The zero-order chi connectivity index (χ0) is 15.4. The van der Waals surface area contributed by atoms with Gasteiger partial charge < -0.3 is 20.8 Å². The SMILES string of the molecule is Cc1noc(C)c1C(C)NCc1cccnc1C(N)=NO. The van der Waals surface area contributed by atoms with Crippen LogP contribution in [-0.2, 0) is 6.54 Å². The predicted molar refractivity (Wildman–Crippen MR) is 78.0 cm³/mol. The molecule has 4 N–H and O–H groups in total. The minimum Gasteiger partial charge on any atom is -0.409 e. The lowest BCUT2D eigenvalue weighted by atomic mass is 10.1. The summed E-state index contributed by atoms with van der Waals surface area (Å²) < 4.78 is 5.17. The first-order valence-corrected chi connectivity index (χ1v) is 6.62. The molecular weight excluding hydrogens is 270 g/mol. The minimum atomic E-state index is -0.00241. The number of rotatable bonds is 5. The molecule has 7 nitrogen and oxygen atoms in total. The molecule has 2 aromatic rings. The largest absolute Gasteiger partial charge is 0.409 e. The van der Waals surface area contributed by atoms with Crippen LogP contribution in [0, 0.1) is 13.8 Å². The van der Waals surface area contributed by atoms with Gasteiger partial charge in [-0.15, -0.1) is 0 Å². The molecule has 2 heterocycles. The van der Waals surface area contributed by atoms with Crippen LogP contribution >= 0.6 is 0 Å². The lowest BCUT2D eigenvalue weighted by molar-refractivity contribution is 0.318. The van der Waals surface area contributed by atoms with Crippen LogP contribution in [0.25, 0.3) is 0 Å². The molecule has 0 aliphatic carbocycles. The van der Waals surface area contributed by atoms with Crippen molar-refractivity contribution in [2.45, 2.75) is 33.4 Å². The van der Waals surface area contributed by atoms with Gasteiger partial charge in [0.25, 0.3) is 0 Å². The van der Waals surface area contributed by atoms with Gasteiger partial charge in [-0.25, -0.2) is 0 Å². The van der Waals surface area contributed by atoms with Gasteiger partial charge in [-0.2, -0.15) is 0 Å². The molecule has 0 saturated heterocycles. The first kappa shape index (κ1) is 15.0. The second-order valence-corrected chi connectivity index (χ2v) is 4.84. The first-order chi connectivity index (χ1) is 10.0. The lowest BCUT2D eigenvalue weighted by Crippen LogP contribution is -2.23. The molecule has 0 spiro atoms. The molecule has 0 fully saturated rings. The van der Waals surface area contributed by atoms with Gasteiger partial charge in [0.1, 0.15) is 11.5 Å². The Balaban J connectivity index is 2.14. The van der Waals surface area contributed by atoms with E-state index in [1.54, 1.807) is 6.20 Å². The summed E-state index contributed by atoms with van der Waals surface area (Å²) >= 11 is 0. The van der Waals surface area contributed by atoms with Crippen molar-refractivity contribution in [2.75, 3.05) is 0 Å². The Morgan fingerprint density at radius 2 is 2.29 bits per heavy atom. The fourth-order valence-electron chi connectivity index (χ4n) is 2.33. The number of nitrogens with zero attached hydrogens (tertiary/aromatic N) is 3. The summed E-state index contributed by atoms with van der Waals surface area (Å²) in [7, 11) is 0. The van der Waals surface area contributed by atoms with E-state index in [1.165, 1.54) is 0 Å². The zero-order valence-electron chi connectivity index (χ0n) is 12.3. The van der Waals surface area contributed by atoms with Crippen LogP contribution in [0.4, 0.5) is 0 Å². The minimum absolute atomic E-state index is 0.00241. The molecule has 0 radical (unpaired) electrons. The van der Waals surface area contributed by atoms with E-state index < -0.39 is 0 Å². The Hall–Kier alpha value is -2.41. The second-order valence-electron chi connectivity index (χ2n) is 4.84. The van der Waals surface area contributed by atoms with Crippen molar-refractivity contribution in [1.29, 1.82) is 0 Å². The summed E-state index contributed by atoms with van der Waals surface area (Å²) in [4.78, 5) is 4.14. The average Bonchev–Trinajstić information content (AvgIpc) is 2.83. The van der Waals surface area contributed by atoms with Crippen molar-refractivity contribution in [3.8, 4) is 0 Å².